The molecular formula is C14H23N. The SMILES string of the molecule is CCCCN(C)C[C@H](C)c1ccccc1. The molecule has 0 amide bonds. The Hall–Kier alpha value is -0.820. The summed E-state index contributed by atoms with van der Waals surface area (Å²) in [6.45, 7) is 6.92. The molecule has 0 unspecified atom stereocenters. The molecule has 0 radical (unpaired) electrons. The maximum Gasteiger partial charge on any atom is 0.00446 e. The fourth-order valence-corrected chi connectivity index (χ4v) is 1.87. The zero-order valence-electron chi connectivity index (χ0n) is 10.2. The second-order valence-corrected chi connectivity index (χ2v) is 4.43. The molecule has 1 aromatic carbocycles. The third-order valence-electron chi connectivity index (χ3n) is 2.85. The quantitative estimate of drug-likeness (QED) is 0.687. The average Bonchev–Trinajstić information content (AvgIpc) is 2.27. The van der Waals surface area contributed by atoms with Crippen LogP contribution in [0.4, 0.5) is 0 Å². The highest BCUT2D eigenvalue weighted by molar-refractivity contribution is 5.18. The largest absolute Gasteiger partial charge is 0.306 e. The molecule has 1 rings (SSSR count). The predicted octanol–water partition coefficient (Wildman–Crippen LogP) is 3.52. The molecule has 0 aliphatic carbocycles. The molecule has 1 nitrogen and oxygen atoms in total. The van der Waals surface area contributed by atoms with Crippen molar-refractivity contribution < 1.29 is 0 Å². The van der Waals surface area contributed by atoms with E-state index in [2.05, 4.69) is 56.1 Å². The van der Waals surface area contributed by atoms with E-state index < -0.39 is 0 Å². The van der Waals surface area contributed by atoms with Crippen LogP contribution in [0.25, 0.3) is 0 Å². The van der Waals surface area contributed by atoms with E-state index in [0.29, 0.717) is 5.92 Å². The lowest BCUT2D eigenvalue weighted by Gasteiger charge is -2.21. The number of hydrogen-bond acceptors (Lipinski definition) is 1. The number of benzene rings is 1. The van der Waals surface area contributed by atoms with Gasteiger partial charge < -0.3 is 4.90 Å². The molecule has 0 bridgehead atoms. The van der Waals surface area contributed by atoms with Gasteiger partial charge in [-0.1, -0.05) is 50.6 Å². The molecule has 15 heavy (non-hydrogen) atoms. The molecule has 0 aromatic heterocycles. The normalized spacial score (nSPS) is 13.1. The van der Waals surface area contributed by atoms with Gasteiger partial charge in [-0.15, -0.1) is 0 Å². The Labute approximate surface area is 94.1 Å². The Bertz CT molecular complexity index is 255. The van der Waals surface area contributed by atoms with E-state index in [1.54, 1.807) is 0 Å². The summed E-state index contributed by atoms with van der Waals surface area (Å²) < 4.78 is 0. The summed E-state index contributed by atoms with van der Waals surface area (Å²) in [4.78, 5) is 2.43. The number of hydrogen-bond donors (Lipinski definition) is 0. The van der Waals surface area contributed by atoms with Crippen LogP contribution in [0.1, 0.15) is 38.2 Å². The van der Waals surface area contributed by atoms with Gasteiger partial charge in [0, 0.05) is 6.54 Å². The monoisotopic (exact) mass is 205 g/mol. The summed E-state index contributed by atoms with van der Waals surface area (Å²) >= 11 is 0. The smallest absolute Gasteiger partial charge is 0.00446 e. The summed E-state index contributed by atoms with van der Waals surface area (Å²) in [5.74, 6) is 0.632. The van der Waals surface area contributed by atoms with E-state index in [1.807, 2.05) is 0 Å². The maximum absolute atomic E-state index is 2.43. The summed E-state index contributed by atoms with van der Waals surface area (Å²) in [5.41, 5.74) is 1.45. The third kappa shape index (κ3) is 4.48. The van der Waals surface area contributed by atoms with E-state index in [9.17, 15) is 0 Å². The zero-order chi connectivity index (χ0) is 11.1. The van der Waals surface area contributed by atoms with Crippen LogP contribution in [0.3, 0.4) is 0 Å². The van der Waals surface area contributed by atoms with Crippen LogP contribution in [0, 0.1) is 0 Å². The maximum atomic E-state index is 2.43. The fourth-order valence-electron chi connectivity index (χ4n) is 1.87. The van der Waals surface area contributed by atoms with Crippen molar-refractivity contribution in [2.45, 2.75) is 32.6 Å². The van der Waals surface area contributed by atoms with Crippen LogP contribution < -0.4 is 0 Å². The van der Waals surface area contributed by atoms with Crippen molar-refractivity contribution in [1.29, 1.82) is 0 Å². The van der Waals surface area contributed by atoms with E-state index >= 15 is 0 Å². The van der Waals surface area contributed by atoms with E-state index in [0.717, 1.165) is 6.54 Å². The van der Waals surface area contributed by atoms with Gasteiger partial charge in [-0.2, -0.15) is 0 Å². The molecule has 0 N–H and O–H groups in total. The van der Waals surface area contributed by atoms with Crippen molar-refractivity contribution in [1.82, 2.24) is 4.90 Å². The standard InChI is InChI=1S/C14H23N/c1-4-5-11-15(3)12-13(2)14-9-7-6-8-10-14/h6-10,13H,4-5,11-12H2,1-3H3/t13-/m0/s1. The summed E-state index contributed by atoms with van der Waals surface area (Å²) in [7, 11) is 2.22. The highest BCUT2D eigenvalue weighted by Crippen LogP contribution is 2.15. The predicted molar refractivity (Wildman–Crippen MR) is 67.3 cm³/mol. The molecule has 0 spiro atoms. The van der Waals surface area contributed by atoms with E-state index in [-0.39, 0.29) is 0 Å². The van der Waals surface area contributed by atoms with Crippen molar-refractivity contribution in [2.75, 3.05) is 20.1 Å². The molecule has 0 heterocycles. The second kappa shape index (κ2) is 6.62. The van der Waals surface area contributed by atoms with Gasteiger partial charge in [-0.05, 0) is 31.5 Å². The second-order valence-electron chi connectivity index (χ2n) is 4.43. The molecule has 84 valence electrons. The topological polar surface area (TPSA) is 3.24 Å². The molecule has 0 aliphatic rings. The Morgan fingerprint density at radius 2 is 1.87 bits per heavy atom. The van der Waals surface area contributed by atoms with Crippen LogP contribution in [0.5, 0.6) is 0 Å². The average molecular weight is 205 g/mol. The Kier molecular flexibility index (Phi) is 5.41. The molecule has 1 heteroatoms. The molecule has 0 fully saturated rings. The number of rotatable bonds is 6. The minimum Gasteiger partial charge on any atom is -0.306 e. The zero-order valence-corrected chi connectivity index (χ0v) is 10.2. The van der Waals surface area contributed by atoms with Gasteiger partial charge in [0.05, 0.1) is 0 Å². The van der Waals surface area contributed by atoms with E-state index in [4.69, 9.17) is 0 Å². The van der Waals surface area contributed by atoms with Gasteiger partial charge in [-0.3, -0.25) is 0 Å². The minimum absolute atomic E-state index is 0.632. The molecule has 0 aliphatic heterocycles. The molecule has 0 saturated heterocycles. The summed E-state index contributed by atoms with van der Waals surface area (Å²) in [6, 6.07) is 10.8. The van der Waals surface area contributed by atoms with Crippen molar-refractivity contribution in [2.24, 2.45) is 0 Å². The van der Waals surface area contributed by atoms with Crippen molar-refractivity contribution >= 4 is 0 Å². The van der Waals surface area contributed by atoms with Gasteiger partial charge in [0.1, 0.15) is 0 Å². The van der Waals surface area contributed by atoms with Crippen LogP contribution >= 0.6 is 0 Å². The van der Waals surface area contributed by atoms with Crippen LogP contribution in [0.15, 0.2) is 30.3 Å². The van der Waals surface area contributed by atoms with Gasteiger partial charge in [0.15, 0.2) is 0 Å². The van der Waals surface area contributed by atoms with Crippen molar-refractivity contribution in [3.63, 3.8) is 0 Å². The Morgan fingerprint density at radius 1 is 1.20 bits per heavy atom. The Balaban J connectivity index is 2.38. The van der Waals surface area contributed by atoms with Crippen LogP contribution in [-0.2, 0) is 0 Å². The lowest BCUT2D eigenvalue weighted by Crippen LogP contribution is -2.24. The summed E-state index contributed by atoms with van der Waals surface area (Å²) in [6.07, 6.45) is 2.59. The molecular weight excluding hydrogens is 182 g/mol. The van der Waals surface area contributed by atoms with Crippen molar-refractivity contribution in [3.8, 4) is 0 Å². The number of unbranched alkanes of at least 4 members (excludes halogenated alkanes) is 1. The fraction of sp³-hybridized carbons (Fsp3) is 0.571. The molecule has 1 aromatic rings. The first-order valence-electron chi connectivity index (χ1n) is 5.97. The van der Waals surface area contributed by atoms with Gasteiger partial charge in [0.2, 0.25) is 0 Å². The first kappa shape index (κ1) is 12.3. The lowest BCUT2D eigenvalue weighted by molar-refractivity contribution is 0.311. The number of likely N-dealkylation sites (N-methyl/N-ethyl adjacent to an activating group) is 1. The Morgan fingerprint density at radius 3 is 2.47 bits per heavy atom. The first-order valence-corrected chi connectivity index (χ1v) is 5.97. The molecule has 0 saturated carbocycles. The highest BCUT2D eigenvalue weighted by atomic mass is 15.1. The number of nitrogens with zero attached hydrogens (tertiary/aromatic N) is 1. The van der Waals surface area contributed by atoms with Gasteiger partial charge >= 0.3 is 0 Å². The van der Waals surface area contributed by atoms with Gasteiger partial charge in [-0.25, -0.2) is 0 Å². The lowest BCUT2D eigenvalue weighted by atomic mass is 10.0. The summed E-state index contributed by atoms with van der Waals surface area (Å²) in [5, 5.41) is 0. The minimum atomic E-state index is 0.632. The third-order valence-corrected chi connectivity index (χ3v) is 2.85. The van der Waals surface area contributed by atoms with E-state index in [1.165, 1.54) is 24.9 Å². The highest BCUT2D eigenvalue weighted by Gasteiger charge is 2.07. The molecule has 1 atom stereocenters. The van der Waals surface area contributed by atoms with Crippen molar-refractivity contribution in [3.05, 3.63) is 35.9 Å². The van der Waals surface area contributed by atoms with Crippen LogP contribution in [0.2, 0.25) is 0 Å². The first-order chi connectivity index (χ1) is 7.24. The van der Waals surface area contributed by atoms with Gasteiger partial charge in [0.25, 0.3) is 0 Å². The van der Waals surface area contributed by atoms with Crippen LogP contribution in [-0.4, -0.2) is 25.0 Å².